The standard InChI is InChI=1S/C22H28N2O2/c1-16(24(2)15-17-11-13-19(26-3)14-12-17)22(25)23-21-10-6-8-18-7-4-5-9-20(18)21/h4-5,7,9,11-14,16,21H,6,8,10,15H2,1-3H3,(H,23,25)/t16-,21+/m0/s1. The zero-order valence-electron chi connectivity index (χ0n) is 15.9. The minimum absolute atomic E-state index is 0.0858. The number of carbonyl (C=O) groups is 1. The third-order valence-electron chi connectivity index (χ3n) is 5.32. The van der Waals surface area contributed by atoms with Crippen LogP contribution in [0.1, 0.15) is 42.5 Å². The van der Waals surface area contributed by atoms with Crippen molar-refractivity contribution in [1.29, 1.82) is 0 Å². The van der Waals surface area contributed by atoms with E-state index in [1.54, 1.807) is 7.11 Å². The van der Waals surface area contributed by atoms with E-state index in [4.69, 9.17) is 4.74 Å². The molecule has 0 saturated carbocycles. The summed E-state index contributed by atoms with van der Waals surface area (Å²) in [6.45, 7) is 2.69. The van der Waals surface area contributed by atoms with Gasteiger partial charge in [-0.1, -0.05) is 36.4 Å². The molecular formula is C22H28N2O2. The van der Waals surface area contributed by atoms with Crippen LogP contribution in [0.4, 0.5) is 0 Å². The number of hydrogen-bond donors (Lipinski definition) is 1. The molecule has 2 atom stereocenters. The molecule has 2 aromatic rings. The minimum atomic E-state index is -0.189. The minimum Gasteiger partial charge on any atom is -0.497 e. The molecule has 4 nitrogen and oxygen atoms in total. The van der Waals surface area contributed by atoms with Gasteiger partial charge in [0.15, 0.2) is 0 Å². The highest BCUT2D eigenvalue weighted by molar-refractivity contribution is 5.81. The van der Waals surface area contributed by atoms with Gasteiger partial charge in [-0.2, -0.15) is 0 Å². The van der Waals surface area contributed by atoms with Crippen LogP contribution in [0.15, 0.2) is 48.5 Å². The summed E-state index contributed by atoms with van der Waals surface area (Å²) in [6.07, 6.45) is 3.24. The van der Waals surface area contributed by atoms with E-state index in [-0.39, 0.29) is 18.0 Å². The van der Waals surface area contributed by atoms with E-state index in [9.17, 15) is 4.79 Å². The normalized spacial score (nSPS) is 17.5. The van der Waals surface area contributed by atoms with Crippen molar-refractivity contribution in [3.63, 3.8) is 0 Å². The summed E-state index contributed by atoms with van der Waals surface area (Å²) >= 11 is 0. The van der Waals surface area contributed by atoms with E-state index in [0.29, 0.717) is 0 Å². The topological polar surface area (TPSA) is 41.6 Å². The molecular weight excluding hydrogens is 324 g/mol. The van der Waals surface area contributed by atoms with Crippen LogP contribution in [0.25, 0.3) is 0 Å². The SMILES string of the molecule is COc1ccc(CN(C)[C@@H](C)C(=O)N[C@@H]2CCCc3ccccc32)cc1. The number of methoxy groups -OCH3 is 1. The lowest BCUT2D eigenvalue weighted by Crippen LogP contribution is -2.44. The molecule has 0 radical (unpaired) electrons. The van der Waals surface area contributed by atoms with E-state index in [1.807, 2.05) is 38.2 Å². The number of aryl methyl sites for hydroxylation is 1. The van der Waals surface area contributed by atoms with Crippen molar-refractivity contribution >= 4 is 5.91 Å². The second-order valence-electron chi connectivity index (χ2n) is 7.09. The van der Waals surface area contributed by atoms with Crippen molar-refractivity contribution in [2.75, 3.05) is 14.2 Å². The highest BCUT2D eigenvalue weighted by atomic mass is 16.5. The van der Waals surface area contributed by atoms with E-state index in [0.717, 1.165) is 37.1 Å². The van der Waals surface area contributed by atoms with E-state index in [1.165, 1.54) is 11.1 Å². The Kier molecular flexibility index (Phi) is 5.94. The van der Waals surface area contributed by atoms with Gasteiger partial charge in [-0.3, -0.25) is 9.69 Å². The monoisotopic (exact) mass is 352 g/mol. The van der Waals surface area contributed by atoms with Crippen molar-refractivity contribution in [1.82, 2.24) is 10.2 Å². The summed E-state index contributed by atoms with van der Waals surface area (Å²) in [4.78, 5) is 14.9. The van der Waals surface area contributed by atoms with Gasteiger partial charge in [0.05, 0.1) is 19.2 Å². The maximum Gasteiger partial charge on any atom is 0.237 e. The lowest BCUT2D eigenvalue weighted by atomic mass is 9.87. The highest BCUT2D eigenvalue weighted by Crippen LogP contribution is 2.29. The van der Waals surface area contributed by atoms with Gasteiger partial charge >= 0.3 is 0 Å². The molecule has 1 amide bonds. The van der Waals surface area contributed by atoms with Crippen molar-refractivity contribution in [3.8, 4) is 5.75 Å². The Hall–Kier alpha value is -2.33. The summed E-state index contributed by atoms with van der Waals surface area (Å²) in [7, 11) is 3.65. The van der Waals surface area contributed by atoms with Gasteiger partial charge < -0.3 is 10.1 Å². The predicted octanol–water partition coefficient (Wildman–Crippen LogP) is 3.71. The number of amides is 1. The molecule has 1 aliphatic carbocycles. The molecule has 2 aromatic carbocycles. The molecule has 0 saturated heterocycles. The molecule has 0 aliphatic heterocycles. The Morgan fingerprint density at radius 1 is 1.23 bits per heavy atom. The Balaban J connectivity index is 1.60. The van der Waals surface area contributed by atoms with Crippen LogP contribution >= 0.6 is 0 Å². The number of rotatable bonds is 6. The fourth-order valence-electron chi connectivity index (χ4n) is 3.55. The molecule has 0 heterocycles. The number of benzene rings is 2. The Morgan fingerprint density at radius 3 is 2.69 bits per heavy atom. The zero-order valence-corrected chi connectivity index (χ0v) is 15.9. The number of hydrogen-bond acceptors (Lipinski definition) is 3. The first kappa shape index (κ1) is 18.5. The van der Waals surface area contributed by atoms with Crippen LogP contribution in [-0.2, 0) is 17.8 Å². The first-order chi connectivity index (χ1) is 12.6. The molecule has 0 aromatic heterocycles. The summed E-state index contributed by atoms with van der Waals surface area (Å²) in [5.41, 5.74) is 3.80. The third-order valence-corrected chi connectivity index (χ3v) is 5.32. The lowest BCUT2D eigenvalue weighted by Gasteiger charge is -2.30. The van der Waals surface area contributed by atoms with E-state index >= 15 is 0 Å². The van der Waals surface area contributed by atoms with Gasteiger partial charge in [0, 0.05) is 6.54 Å². The van der Waals surface area contributed by atoms with Crippen LogP contribution in [0.3, 0.4) is 0 Å². The predicted molar refractivity (Wildman–Crippen MR) is 104 cm³/mol. The largest absolute Gasteiger partial charge is 0.497 e. The van der Waals surface area contributed by atoms with Gasteiger partial charge in [-0.25, -0.2) is 0 Å². The van der Waals surface area contributed by atoms with Gasteiger partial charge in [0.1, 0.15) is 5.75 Å². The molecule has 0 bridgehead atoms. The number of nitrogens with one attached hydrogen (secondary N) is 1. The molecule has 0 spiro atoms. The van der Waals surface area contributed by atoms with Crippen molar-refractivity contribution < 1.29 is 9.53 Å². The molecule has 0 fully saturated rings. The molecule has 0 unspecified atom stereocenters. The second kappa shape index (κ2) is 8.37. The first-order valence-electron chi connectivity index (χ1n) is 9.30. The maximum absolute atomic E-state index is 12.8. The first-order valence-corrected chi connectivity index (χ1v) is 9.30. The lowest BCUT2D eigenvalue weighted by molar-refractivity contribution is -0.126. The van der Waals surface area contributed by atoms with E-state index in [2.05, 4.69) is 34.5 Å². The second-order valence-corrected chi connectivity index (χ2v) is 7.09. The number of ether oxygens (including phenoxy) is 1. The summed E-state index contributed by atoms with van der Waals surface area (Å²) in [5.74, 6) is 0.931. The average Bonchev–Trinajstić information content (AvgIpc) is 2.68. The molecule has 1 aliphatic rings. The molecule has 26 heavy (non-hydrogen) atoms. The number of carbonyl (C=O) groups excluding carboxylic acids is 1. The van der Waals surface area contributed by atoms with Gasteiger partial charge in [0.25, 0.3) is 0 Å². The van der Waals surface area contributed by atoms with Crippen LogP contribution in [0, 0.1) is 0 Å². The summed E-state index contributed by atoms with van der Waals surface area (Å²) < 4.78 is 5.20. The molecule has 3 rings (SSSR count). The fraction of sp³-hybridized carbons (Fsp3) is 0.409. The summed E-state index contributed by atoms with van der Waals surface area (Å²) in [5, 5.41) is 3.26. The fourth-order valence-corrected chi connectivity index (χ4v) is 3.55. The van der Waals surface area contributed by atoms with Crippen LogP contribution < -0.4 is 10.1 Å². The smallest absolute Gasteiger partial charge is 0.237 e. The van der Waals surface area contributed by atoms with Gasteiger partial charge in [-0.05, 0) is 62.1 Å². The van der Waals surface area contributed by atoms with E-state index < -0.39 is 0 Å². The van der Waals surface area contributed by atoms with Crippen LogP contribution in [-0.4, -0.2) is 31.0 Å². The summed E-state index contributed by atoms with van der Waals surface area (Å²) in [6, 6.07) is 16.4. The Morgan fingerprint density at radius 2 is 1.96 bits per heavy atom. The zero-order chi connectivity index (χ0) is 18.5. The molecule has 1 N–H and O–H groups in total. The van der Waals surface area contributed by atoms with Crippen molar-refractivity contribution in [2.45, 2.75) is 44.8 Å². The third kappa shape index (κ3) is 4.25. The van der Waals surface area contributed by atoms with Gasteiger partial charge in [-0.15, -0.1) is 0 Å². The van der Waals surface area contributed by atoms with Crippen molar-refractivity contribution in [2.24, 2.45) is 0 Å². The average molecular weight is 352 g/mol. The van der Waals surface area contributed by atoms with Crippen molar-refractivity contribution in [3.05, 3.63) is 65.2 Å². The van der Waals surface area contributed by atoms with Gasteiger partial charge in [0.2, 0.25) is 5.91 Å². The Bertz CT molecular complexity index is 742. The molecule has 4 heteroatoms. The quantitative estimate of drug-likeness (QED) is 0.862. The maximum atomic E-state index is 12.8. The number of fused-ring (bicyclic) bond motifs is 1. The number of likely N-dealkylation sites (N-methyl/N-ethyl adjacent to an activating group) is 1. The van der Waals surface area contributed by atoms with Crippen LogP contribution in [0.2, 0.25) is 0 Å². The number of nitrogens with zero attached hydrogens (tertiary/aromatic N) is 1. The highest BCUT2D eigenvalue weighted by Gasteiger charge is 2.25. The Labute approximate surface area is 156 Å². The van der Waals surface area contributed by atoms with Crippen LogP contribution in [0.5, 0.6) is 5.75 Å². The molecule has 138 valence electrons.